The maximum absolute atomic E-state index is 13.3. The lowest BCUT2D eigenvalue weighted by atomic mass is 10.1. The number of hydrogen-bond donors (Lipinski definition) is 1. The van der Waals surface area contributed by atoms with Crippen molar-refractivity contribution >= 4 is 0 Å². The molecule has 1 aromatic rings. The minimum Gasteiger partial charge on any atom is -0.380 e. The van der Waals surface area contributed by atoms with Crippen molar-refractivity contribution in [1.29, 1.82) is 0 Å². The summed E-state index contributed by atoms with van der Waals surface area (Å²) in [7, 11) is 1.75. The molecule has 2 N–H and O–H groups in total. The van der Waals surface area contributed by atoms with Crippen molar-refractivity contribution in [2.75, 3.05) is 20.2 Å². The van der Waals surface area contributed by atoms with Crippen molar-refractivity contribution in [1.82, 2.24) is 4.90 Å². The topological polar surface area (TPSA) is 38.5 Å². The maximum atomic E-state index is 13.3. The van der Waals surface area contributed by atoms with Crippen LogP contribution in [0.1, 0.15) is 17.5 Å². The van der Waals surface area contributed by atoms with Crippen molar-refractivity contribution < 1.29 is 9.13 Å². The van der Waals surface area contributed by atoms with E-state index >= 15 is 0 Å². The van der Waals surface area contributed by atoms with Gasteiger partial charge in [-0.2, -0.15) is 0 Å². The summed E-state index contributed by atoms with van der Waals surface area (Å²) in [6, 6.07) is 5.19. The number of nitrogens with two attached hydrogens (primary N) is 1. The number of methoxy groups -OCH3 is 1. The molecule has 0 bridgehead atoms. The normalized spacial score (nSPS) is 21.0. The molecule has 0 amide bonds. The van der Waals surface area contributed by atoms with Gasteiger partial charge in [0.1, 0.15) is 5.82 Å². The van der Waals surface area contributed by atoms with E-state index in [2.05, 4.69) is 4.90 Å². The summed E-state index contributed by atoms with van der Waals surface area (Å²) in [6.07, 6.45) is 1.41. The van der Waals surface area contributed by atoms with E-state index in [1.807, 2.05) is 12.1 Å². The monoisotopic (exact) mass is 238 g/mol. The van der Waals surface area contributed by atoms with Gasteiger partial charge in [-0.25, -0.2) is 4.39 Å². The van der Waals surface area contributed by atoms with Crippen molar-refractivity contribution in [3.63, 3.8) is 0 Å². The molecule has 94 valence electrons. The van der Waals surface area contributed by atoms with Gasteiger partial charge in [0.05, 0.1) is 6.10 Å². The van der Waals surface area contributed by atoms with Crippen LogP contribution in [0, 0.1) is 5.82 Å². The molecule has 1 fully saturated rings. The van der Waals surface area contributed by atoms with Crippen molar-refractivity contribution in [2.45, 2.75) is 25.6 Å². The summed E-state index contributed by atoms with van der Waals surface area (Å²) in [5, 5.41) is 0. The smallest absolute Gasteiger partial charge is 0.127 e. The van der Waals surface area contributed by atoms with Crippen molar-refractivity contribution in [3.05, 3.63) is 35.1 Å². The Hall–Kier alpha value is -0.970. The lowest BCUT2D eigenvalue weighted by molar-refractivity contribution is 0.107. The Kier molecular flexibility index (Phi) is 4.10. The molecule has 0 spiro atoms. The van der Waals surface area contributed by atoms with Crippen LogP contribution in [0.2, 0.25) is 0 Å². The average Bonchev–Trinajstić information content (AvgIpc) is 2.79. The van der Waals surface area contributed by atoms with Gasteiger partial charge in [-0.05, 0) is 18.1 Å². The Morgan fingerprint density at radius 3 is 3.00 bits per heavy atom. The van der Waals surface area contributed by atoms with Crippen LogP contribution in [0.3, 0.4) is 0 Å². The fourth-order valence-corrected chi connectivity index (χ4v) is 2.27. The number of rotatable bonds is 4. The van der Waals surface area contributed by atoms with E-state index in [1.165, 1.54) is 6.07 Å². The molecule has 1 aromatic carbocycles. The molecule has 0 aromatic heterocycles. The van der Waals surface area contributed by atoms with Crippen LogP contribution >= 0.6 is 0 Å². The van der Waals surface area contributed by atoms with Crippen molar-refractivity contribution in [2.24, 2.45) is 5.73 Å². The number of halogens is 1. The van der Waals surface area contributed by atoms with Gasteiger partial charge in [0.2, 0.25) is 0 Å². The van der Waals surface area contributed by atoms with Crippen LogP contribution in [0.5, 0.6) is 0 Å². The summed E-state index contributed by atoms with van der Waals surface area (Å²) in [5.41, 5.74) is 7.20. The second kappa shape index (κ2) is 5.58. The Balaban J connectivity index is 1.99. The van der Waals surface area contributed by atoms with E-state index in [0.29, 0.717) is 11.7 Å². The van der Waals surface area contributed by atoms with Crippen LogP contribution in [-0.4, -0.2) is 31.2 Å². The molecule has 0 saturated carbocycles. The van der Waals surface area contributed by atoms with Gasteiger partial charge in [-0.15, -0.1) is 0 Å². The highest BCUT2D eigenvalue weighted by Gasteiger charge is 2.21. The number of nitrogens with zero attached hydrogens (tertiary/aromatic N) is 1. The van der Waals surface area contributed by atoms with Gasteiger partial charge in [-0.3, -0.25) is 4.90 Å². The molecule has 2 rings (SSSR count). The molecule has 4 heteroatoms. The van der Waals surface area contributed by atoms with E-state index in [4.69, 9.17) is 10.5 Å². The first-order valence-electron chi connectivity index (χ1n) is 5.95. The second-order valence-corrected chi connectivity index (χ2v) is 4.51. The molecule has 1 saturated heterocycles. The zero-order chi connectivity index (χ0) is 12.3. The summed E-state index contributed by atoms with van der Waals surface area (Å²) >= 11 is 0. The number of hydrogen-bond acceptors (Lipinski definition) is 3. The average molecular weight is 238 g/mol. The van der Waals surface area contributed by atoms with Crippen LogP contribution < -0.4 is 5.73 Å². The van der Waals surface area contributed by atoms with Gasteiger partial charge in [0, 0.05) is 38.9 Å². The summed E-state index contributed by atoms with van der Waals surface area (Å²) in [5.74, 6) is -0.215. The molecule has 3 nitrogen and oxygen atoms in total. The van der Waals surface area contributed by atoms with E-state index in [-0.39, 0.29) is 12.4 Å². The lowest BCUT2D eigenvalue weighted by Gasteiger charge is -2.16. The first-order valence-corrected chi connectivity index (χ1v) is 5.95. The fraction of sp³-hybridized carbons (Fsp3) is 0.538. The molecule has 1 atom stereocenters. The van der Waals surface area contributed by atoms with E-state index in [9.17, 15) is 4.39 Å². The molecule has 17 heavy (non-hydrogen) atoms. The zero-order valence-corrected chi connectivity index (χ0v) is 10.2. The first-order chi connectivity index (χ1) is 8.22. The predicted octanol–water partition coefficient (Wildman–Crippen LogP) is 1.51. The van der Waals surface area contributed by atoms with Gasteiger partial charge < -0.3 is 10.5 Å². The van der Waals surface area contributed by atoms with Crippen LogP contribution in [0.25, 0.3) is 0 Å². The third kappa shape index (κ3) is 3.03. The Labute approximate surface area is 101 Å². The quantitative estimate of drug-likeness (QED) is 0.864. The second-order valence-electron chi connectivity index (χ2n) is 4.51. The van der Waals surface area contributed by atoms with Crippen LogP contribution in [-0.2, 0) is 17.8 Å². The van der Waals surface area contributed by atoms with Crippen LogP contribution in [0.4, 0.5) is 4.39 Å². The Morgan fingerprint density at radius 1 is 1.53 bits per heavy atom. The largest absolute Gasteiger partial charge is 0.380 e. The van der Waals surface area contributed by atoms with Gasteiger partial charge in [-0.1, -0.05) is 12.1 Å². The zero-order valence-electron chi connectivity index (χ0n) is 10.2. The minimum absolute atomic E-state index is 0.215. The van der Waals surface area contributed by atoms with E-state index < -0.39 is 0 Å². The van der Waals surface area contributed by atoms with E-state index in [1.54, 1.807) is 7.11 Å². The molecule has 1 heterocycles. The van der Waals surface area contributed by atoms with Crippen molar-refractivity contribution in [3.8, 4) is 0 Å². The predicted molar refractivity (Wildman–Crippen MR) is 65.0 cm³/mol. The van der Waals surface area contributed by atoms with Gasteiger partial charge in [0.25, 0.3) is 0 Å². The fourth-order valence-electron chi connectivity index (χ4n) is 2.27. The van der Waals surface area contributed by atoms with Gasteiger partial charge in [0.15, 0.2) is 0 Å². The minimum atomic E-state index is -0.215. The molecule has 1 aliphatic rings. The van der Waals surface area contributed by atoms with Crippen LogP contribution in [0.15, 0.2) is 18.2 Å². The number of likely N-dealkylation sites (tertiary alicyclic amines) is 1. The maximum Gasteiger partial charge on any atom is 0.127 e. The molecule has 0 radical (unpaired) electrons. The number of ether oxygens (including phenoxy) is 1. The van der Waals surface area contributed by atoms with E-state index in [0.717, 1.165) is 31.6 Å². The molecule has 1 unspecified atom stereocenters. The Bertz CT molecular complexity index is 384. The highest BCUT2D eigenvalue weighted by Crippen LogP contribution is 2.17. The summed E-state index contributed by atoms with van der Waals surface area (Å²) in [4.78, 5) is 2.32. The standard InChI is InChI=1S/C13H19FN2O/c1-17-12-4-5-16(9-12)8-10-2-3-13(14)11(6-10)7-15/h2-3,6,12H,4-5,7-9,15H2,1H3. The molecule has 0 aliphatic carbocycles. The third-order valence-electron chi connectivity index (χ3n) is 3.30. The summed E-state index contributed by atoms with van der Waals surface area (Å²) < 4.78 is 18.6. The highest BCUT2D eigenvalue weighted by atomic mass is 19.1. The SMILES string of the molecule is COC1CCN(Cc2ccc(F)c(CN)c2)C1. The van der Waals surface area contributed by atoms with Gasteiger partial charge >= 0.3 is 0 Å². The highest BCUT2D eigenvalue weighted by molar-refractivity contribution is 5.25. The molecular weight excluding hydrogens is 219 g/mol. The Morgan fingerprint density at radius 2 is 2.35 bits per heavy atom. The summed E-state index contributed by atoms with van der Waals surface area (Å²) in [6.45, 7) is 3.08. The first kappa shape index (κ1) is 12.5. The third-order valence-corrected chi connectivity index (χ3v) is 3.30. The molecular formula is C13H19FN2O. The number of benzene rings is 1. The molecule has 1 aliphatic heterocycles. The lowest BCUT2D eigenvalue weighted by Crippen LogP contribution is -2.22.